The van der Waals surface area contributed by atoms with E-state index in [0.29, 0.717) is 16.2 Å². The average molecular weight is 453 g/mol. The summed E-state index contributed by atoms with van der Waals surface area (Å²) < 4.78 is 6.36. The number of fused-ring (bicyclic) bond motifs is 1. The van der Waals surface area contributed by atoms with E-state index in [2.05, 4.69) is 47.6 Å². The number of halogens is 1. The van der Waals surface area contributed by atoms with Crippen molar-refractivity contribution in [3.05, 3.63) is 75.7 Å². The molecule has 2 aromatic carbocycles. The zero-order valence-electron chi connectivity index (χ0n) is 18.8. The van der Waals surface area contributed by atoms with Gasteiger partial charge in [0.25, 0.3) is 5.56 Å². The van der Waals surface area contributed by atoms with Crippen molar-refractivity contribution in [2.45, 2.75) is 76.5 Å². The van der Waals surface area contributed by atoms with Gasteiger partial charge in [-0.2, -0.15) is 0 Å². The summed E-state index contributed by atoms with van der Waals surface area (Å²) >= 11 is 6.47. The summed E-state index contributed by atoms with van der Waals surface area (Å²) in [6, 6.07) is 16.2. The zero-order chi connectivity index (χ0) is 22.4. The Kier molecular flexibility index (Phi) is 7.54. The number of aromatic amines is 1. The summed E-state index contributed by atoms with van der Waals surface area (Å²) in [4.78, 5) is 14.7. The maximum atomic E-state index is 12.0. The minimum absolute atomic E-state index is 0.128. The highest BCUT2D eigenvalue weighted by Gasteiger charge is 2.30. The topological polar surface area (TPSA) is 54.1 Å². The van der Waals surface area contributed by atoms with E-state index in [4.69, 9.17) is 16.3 Å². The molecule has 170 valence electrons. The van der Waals surface area contributed by atoms with Crippen molar-refractivity contribution in [1.29, 1.82) is 0 Å². The minimum Gasteiger partial charge on any atom is -0.489 e. The number of benzene rings is 2. The van der Waals surface area contributed by atoms with Crippen molar-refractivity contribution in [3.8, 4) is 5.75 Å². The van der Waals surface area contributed by atoms with Crippen LogP contribution in [-0.4, -0.2) is 16.6 Å². The van der Waals surface area contributed by atoms with Crippen molar-refractivity contribution < 1.29 is 4.74 Å². The lowest BCUT2D eigenvalue weighted by atomic mass is 9.80. The molecule has 1 aliphatic rings. The molecular formula is C27H33ClN2O2. The largest absolute Gasteiger partial charge is 0.489 e. The number of nitrogens with one attached hydrogen (secondary N) is 2. The molecule has 0 saturated heterocycles. The lowest BCUT2D eigenvalue weighted by Crippen LogP contribution is -2.45. The van der Waals surface area contributed by atoms with Crippen LogP contribution in [-0.2, 0) is 6.54 Å². The van der Waals surface area contributed by atoms with Gasteiger partial charge in [-0.3, -0.25) is 4.79 Å². The van der Waals surface area contributed by atoms with E-state index in [1.54, 1.807) is 12.3 Å². The van der Waals surface area contributed by atoms with Gasteiger partial charge in [-0.1, -0.05) is 55.3 Å². The average Bonchev–Trinajstić information content (AvgIpc) is 2.78. The number of ether oxygens (including phenoxy) is 1. The van der Waals surface area contributed by atoms with E-state index in [1.807, 2.05) is 12.1 Å². The summed E-state index contributed by atoms with van der Waals surface area (Å²) in [5, 5.41) is 5.87. The van der Waals surface area contributed by atoms with Crippen LogP contribution in [0.1, 0.15) is 63.9 Å². The second-order valence-corrected chi connectivity index (χ2v) is 9.48. The first kappa shape index (κ1) is 22.9. The Morgan fingerprint density at radius 2 is 1.88 bits per heavy atom. The second kappa shape index (κ2) is 10.5. The van der Waals surface area contributed by atoms with Crippen LogP contribution in [0.25, 0.3) is 10.8 Å². The van der Waals surface area contributed by atoms with Crippen molar-refractivity contribution in [3.63, 3.8) is 0 Å². The first-order valence-electron chi connectivity index (χ1n) is 11.9. The summed E-state index contributed by atoms with van der Waals surface area (Å²) in [5.41, 5.74) is 1.42. The molecule has 1 saturated carbocycles. The fourth-order valence-corrected chi connectivity index (χ4v) is 5.27. The Labute approximate surface area is 195 Å². The number of hydrogen-bond donors (Lipinski definition) is 2. The molecule has 0 aliphatic heterocycles. The van der Waals surface area contributed by atoms with Gasteiger partial charge in [0.2, 0.25) is 0 Å². The molecule has 1 fully saturated rings. The third-order valence-corrected chi connectivity index (χ3v) is 7.02. The standard InChI is InChI=1S/C27H33ClN2O2/c1-2-13-27(30-19-20-8-4-3-5-9-20)14-6-10-22(11-7-15-27)32-25-17-21-12-16-29-26(31)23(21)18-24(25)28/h3-5,8-9,12,16-18,22,30H,2,6-7,10-11,13-15,19H2,1H3,(H,29,31). The summed E-state index contributed by atoms with van der Waals surface area (Å²) in [7, 11) is 0. The van der Waals surface area contributed by atoms with E-state index in [9.17, 15) is 4.79 Å². The fraction of sp³-hybridized carbons (Fsp3) is 0.444. The van der Waals surface area contributed by atoms with Gasteiger partial charge in [0.15, 0.2) is 0 Å². The zero-order valence-corrected chi connectivity index (χ0v) is 19.6. The molecule has 1 aromatic heterocycles. The predicted molar refractivity (Wildman–Crippen MR) is 133 cm³/mol. The number of rotatable bonds is 7. The lowest BCUT2D eigenvalue weighted by molar-refractivity contribution is 0.137. The van der Waals surface area contributed by atoms with E-state index in [1.165, 1.54) is 18.4 Å². The normalized spacial score (nSPS) is 21.8. The highest BCUT2D eigenvalue weighted by molar-refractivity contribution is 6.32. The number of hydrogen-bond acceptors (Lipinski definition) is 3. The fourth-order valence-electron chi connectivity index (χ4n) is 5.06. The first-order chi connectivity index (χ1) is 15.6. The molecule has 4 rings (SSSR count). The van der Waals surface area contributed by atoms with Crippen LogP contribution in [0.3, 0.4) is 0 Å². The SMILES string of the molecule is CCCC1(NCc2ccccc2)CCCC(Oc2cc3cc[nH]c(=O)c3cc2Cl)CCC1. The highest BCUT2D eigenvalue weighted by atomic mass is 35.5. The van der Waals surface area contributed by atoms with Gasteiger partial charge in [-0.25, -0.2) is 0 Å². The van der Waals surface area contributed by atoms with Gasteiger partial charge in [-0.15, -0.1) is 0 Å². The van der Waals surface area contributed by atoms with Crippen LogP contribution in [0.15, 0.2) is 59.5 Å². The summed E-state index contributed by atoms with van der Waals surface area (Å²) in [6.45, 7) is 3.20. The smallest absolute Gasteiger partial charge is 0.255 e. The van der Waals surface area contributed by atoms with Crippen LogP contribution >= 0.6 is 11.6 Å². The summed E-state index contributed by atoms with van der Waals surface area (Å²) in [5.74, 6) is 0.678. The van der Waals surface area contributed by atoms with Gasteiger partial charge >= 0.3 is 0 Å². The Balaban J connectivity index is 1.40. The summed E-state index contributed by atoms with van der Waals surface area (Å²) in [6.07, 6.45) is 10.8. The molecule has 4 nitrogen and oxygen atoms in total. The van der Waals surface area contributed by atoms with Gasteiger partial charge in [0, 0.05) is 23.7 Å². The maximum absolute atomic E-state index is 12.0. The number of aromatic nitrogens is 1. The van der Waals surface area contributed by atoms with Crippen molar-refractivity contribution in [2.24, 2.45) is 0 Å². The Morgan fingerprint density at radius 3 is 2.59 bits per heavy atom. The third-order valence-electron chi connectivity index (χ3n) is 6.72. The van der Waals surface area contributed by atoms with Gasteiger partial charge < -0.3 is 15.0 Å². The van der Waals surface area contributed by atoms with Gasteiger partial charge in [-0.05, 0) is 74.1 Å². The van der Waals surface area contributed by atoms with Crippen LogP contribution < -0.4 is 15.6 Å². The number of pyridine rings is 1. The maximum Gasteiger partial charge on any atom is 0.255 e. The van der Waals surface area contributed by atoms with E-state index >= 15 is 0 Å². The van der Waals surface area contributed by atoms with Crippen LogP contribution in [0.4, 0.5) is 0 Å². The predicted octanol–water partition coefficient (Wildman–Crippen LogP) is 6.61. The highest BCUT2D eigenvalue weighted by Crippen LogP contribution is 2.34. The Hall–Kier alpha value is -2.30. The van der Waals surface area contributed by atoms with Gasteiger partial charge in [0.1, 0.15) is 5.75 Å². The molecule has 1 aliphatic carbocycles. The van der Waals surface area contributed by atoms with Crippen LogP contribution in [0.5, 0.6) is 5.75 Å². The molecule has 0 amide bonds. The molecule has 0 spiro atoms. The van der Waals surface area contributed by atoms with Crippen LogP contribution in [0, 0.1) is 0 Å². The van der Waals surface area contributed by atoms with E-state index in [0.717, 1.165) is 50.5 Å². The molecule has 0 atom stereocenters. The molecular weight excluding hydrogens is 420 g/mol. The molecule has 3 aromatic rings. The molecule has 2 N–H and O–H groups in total. The van der Waals surface area contributed by atoms with Gasteiger partial charge in [0.05, 0.1) is 11.1 Å². The van der Waals surface area contributed by atoms with Crippen LogP contribution in [0.2, 0.25) is 5.02 Å². The third kappa shape index (κ3) is 5.54. The molecule has 0 bridgehead atoms. The molecule has 0 radical (unpaired) electrons. The molecule has 1 heterocycles. The van der Waals surface area contributed by atoms with Crippen molar-refractivity contribution >= 4 is 22.4 Å². The molecule has 32 heavy (non-hydrogen) atoms. The number of H-pyrrole nitrogens is 1. The quantitative estimate of drug-likeness (QED) is 0.424. The molecule has 5 heteroatoms. The lowest BCUT2D eigenvalue weighted by Gasteiger charge is -2.38. The van der Waals surface area contributed by atoms with E-state index in [-0.39, 0.29) is 17.2 Å². The Morgan fingerprint density at radius 1 is 1.12 bits per heavy atom. The minimum atomic E-state index is -0.128. The molecule has 0 unspecified atom stereocenters. The first-order valence-corrected chi connectivity index (χ1v) is 12.2. The van der Waals surface area contributed by atoms with Crippen molar-refractivity contribution in [1.82, 2.24) is 10.3 Å². The van der Waals surface area contributed by atoms with E-state index < -0.39 is 0 Å². The monoisotopic (exact) mass is 452 g/mol. The second-order valence-electron chi connectivity index (χ2n) is 9.07. The Bertz CT molecular complexity index is 1070. The van der Waals surface area contributed by atoms with Crippen molar-refractivity contribution in [2.75, 3.05) is 0 Å².